The number of nitrogen functional groups attached to an aromatic ring is 1. The highest BCUT2D eigenvalue weighted by molar-refractivity contribution is 9.10. The predicted octanol–water partition coefficient (Wildman–Crippen LogP) is 2.18. The van der Waals surface area contributed by atoms with Crippen molar-refractivity contribution in [3.63, 3.8) is 0 Å². The normalized spacial score (nSPS) is 10.3. The van der Waals surface area contributed by atoms with Gasteiger partial charge in [0.1, 0.15) is 12.1 Å². The summed E-state index contributed by atoms with van der Waals surface area (Å²) in [5.74, 6) is 7.07. The predicted molar refractivity (Wildman–Crippen MR) is 80.1 cm³/mol. The van der Waals surface area contributed by atoms with Crippen LogP contribution in [0.4, 0.5) is 5.82 Å². The fourth-order valence-corrected chi connectivity index (χ4v) is 2.07. The van der Waals surface area contributed by atoms with Crippen LogP contribution in [0.3, 0.4) is 0 Å². The van der Waals surface area contributed by atoms with Crippen molar-refractivity contribution in [2.24, 2.45) is 0 Å². The van der Waals surface area contributed by atoms with Gasteiger partial charge in [0.05, 0.1) is 11.3 Å². The molecule has 0 unspecified atom stereocenters. The molecule has 6 heteroatoms. The van der Waals surface area contributed by atoms with E-state index in [4.69, 9.17) is 5.73 Å². The molecule has 2 aromatic heterocycles. The van der Waals surface area contributed by atoms with Gasteiger partial charge in [-0.15, -0.1) is 0 Å². The first kappa shape index (κ1) is 12.6. The zero-order valence-corrected chi connectivity index (χ0v) is 12.2. The van der Waals surface area contributed by atoms with Gasteiger partial charge in [0.15, 0.2) is 0 Å². The minimum atomic E-state index is 0.453. The lowest BCUT2D eigenvalue weighted by Crippen LogP contribution is -2.06. The van der Waals surface area contributed by atoms with E-state index in [0.717, 1.165) is 15.7 Å². The van der Waals surface area contributed by atoms with Crippen molar-refractivity contribution in [2.75, 3.05) is 5.73 Å². The molecule has 0 saturated carbocycles. The van der Waals surface area contributed by atoms with E-state index in [0.29, 0.717) is 17.2 Å². The van der Waals surface area contributed by atoms with Crippen molar-refractivity contribution in [1.29, 1.82) is 0 Å². The van der Waals surface area contributed by atoms with Crippen LogP contribution in [0.5, 0.6) is 0 Å². The number of halogens is 1. The summed E-state index contributed by atoms with van der Waals surface area (Å²) in [5.41, 5.74) is 8.39. The van der Waals surface area contributed by atoms with Crippen LogP contribution in [-0.2, 0) is 0 Å². The summed E-state index contributed by atoms with van der Waals surface area (Å²) < 4.78 is 2.50. The van der Waals surface area contributed by atoms with Crippen LogP contribution in [0.1, 0.15) is 16.8 Å². The minimum Gasteiger partial charge on any atom is -0.382 e. The van der Waals surface area contributed by atoms with Crippen molar-refractivity contribution in [3.05, 3.63) is 51.9 Å². The quantitative estimate of drug-likeness (QED) is 0.642. The molecular weight excluding hydrogens is 318 g/mol. The van der Waals surface area contributed by atoms with E-state index in [9.17, 15) is 0 Å². The Morgan fingerprint density at radius 2 is 1.95 bits per heavy atom. The van der Waals surface area contributed by atoms with Crippen molar-refractivity contribution >= 4 is 27.5 Å². The summed E-state index contributed by atoms with van der Waals surface area (Å²) in [6.07, 6.45) is 1.42. The highest BCUT2D eigenvalue weighted by Crippen LogP contribution is 2.15. The third-order valence-electron chi connectivity index (χ3n) is 2.82. The summed E-state index contributed by atoms with van der Waals surface area (Å²) in [4.78, 5) is 8.34. The molecule has 0 atom stereocenters. The van der Waals surface area contributed by atoms with Crippen LogP contribution >= 0.6 is 15.9 Å². The third-order valence-corrected chi connectivity index (χ3v) is 3.35. The molecule has 3 aromatic rings. The molecule has 98 valence electrons. The van der Waals surface area contributed by atoms with Gasteiger partial charge in [0.2, 0.25) is 0 Å². The molecule has 2 N–H and O–H groups in total. The molecule has 0 bridgehead atoms. The van der Waals surface area contributed by atoms with E-state index in [1.807, 2.05) is 31.2 Å². The van der Waals surface area contributed by atoms with Crippen molar-refractivity contribution in [2.45, 2.75) is 6.92 Å². The first-order valence-corrected chi connectivity index (χ1v) is 6.68. The van der Waals surface area contributed by atoms with Crippen LogP contribution in [-0.4, -0.2) is 19.6 Å². The first-order chi connectivity index (χ1) is 9.65. The number of aromatic nitrogens is 4. The molecule has 0 fully saturated rings. The Hall–Kier alpha value is -2.39. The van der Waals surface area contributed by atoms with Gasteiger partial charge in [0.25, 0.3) is 5.78 Å². The van der Waals surface area contributed by atoms with E-state index >= 15 is 0 Å². The second-order valence-electron chi connectivity index (χ2n) is 4.19. The van der Waals surface area contributed by atoms with Gasteiger partial charge in [0, 0.05) is 10.0 Å². The second kappa shape index (κ2) is 4.94. The Balaban J connectivity index is 2.09. The summed E-state index contributed by atoms with van der Waals surface area (Å²) in [7, 11) is 0. The molecule has 20 heavy (non-hydrogen) atoms. The van der Waals surface area contributed by atoms with E-state index in [1.54, 1.807) is 0 Å². The maximum absolute atomic E-state index is 6.06. The fourth-order valence-electron chi connectivity index (χ4n) is 1.80. The Morgan fingerprint density at radius 3 is 2.70 bits per heavy atom. The Labute approximate surface area is 124 Å². The molecule has 0 aliphatic heterocycles. The smallest absolute Gasteiger partial charge is 0.254 e. The van der Waals surface area contributed by atoms with Gasteiger partial charge >= 0.3 is 0 Å². The summed E-state index contributed by atoms with van der Waals surface area (Å²) >= 11 is 3.39. The standard InChI is InChI=1S/C14H10BrN5/c1-9-12(7-4-10-2-5-11(15)6-3-10)13(16)20-14(19-9)17-8-18-20/h2-3,5-6,8H,16H2,1H3. The van der Waals surface area contributed by atoms with Crippen LogP contribution in [0.15, 0.2) is 35.1 Å². The molecule has 0 amide bonds. The fraction of sp³-hybridized carbons (Fsp3) is 0.0714. The average molecular weight is 328 g/mol. The van der Waals surface area contributed by atoms with Gasteiger partial charge in [-0.25, -0.2) is 4.98 Å². The van der Waals surface area contributed by atoms with E-state index in [2.05, 4.69) is 42.8 Å². The lowest BCUT2D eigenvalue weighted by Gasteiger charge is -2.03. The van der Waals surface area contributed by atoms with E-state index < -0.39 is 0 Å². The zero-order chi connectivity index (χ0) is 14.1. The number of hydrogen-bond acceptors (Lipinski definition) is 4. The van der Waals surface area contributed by atoms with Crippen molar-refractivity contribution in [1.82, 2.24) is 19.6 Å². The topological polar surface area (TPSA) is 69.1 Å². The SMILES string of the molecule is Cc1nc2ncnn2c(N)c1C#Cc1ccc(Br)cc1. The van der Waals surface area contributed by atoms with Gasteiger partial charge in [-0.3, -0.25) is 0 Å². The van der Waals surface area contributed by atoms with Gasteiger partial charge < -0.3 is 5.73 Å². The molecular formula is C14H10BrN5. The molecule has 0 radical (unpaired) electrons. The lowest BCUT2D eigenvalue weighted by atomic mass is 10.2. The number of rotatable bonds is 0. The largest absolute Gasteiger partial charge is 0.382 e. The maximum Gasteiger partial charge on any atom is 0.254 e. The first-order valence-electron chi connectivity index (χ1n) is 5.88. The van der Waals surface area contributed by atoms with E-state index in [1.165, 1.54) is 10.8 Å². The van der Waals surface area contributed by atoms with Crippen LogP contribution in [0.25, 0.3) is 5.78 Å². The van der Waals surface area contributed by atoms with E-state index in [-0.39, 0.29) is 0 Å². The monoisotopic (exact) mass is 327 g/mol. The molecule has 3 rings (SSSR count). The second-order valence-corrected chi connectivity index (χ2v) is 5.10. The van der Waals surface area contributed by atoms with Gasteiger partial charge in [-0.1, -0.05) is 27.8 Å². The number of anilines is 1. The molecule has 0 saturated heterocycles. The van der Waals surface area contributed by atoms with Crippen molar-refractivity contribution in [3.8, 4) is 11.8 Å². The maximum atomic E-state index is 6.06. The van der Waals surface area contributed by atoms with Gasteiger partial charge in [-0.05, 0) is 31.2 Å². The third kappa shape index (κ3) is 2.24. The van der Waals surface area contributed by atoms with Crippen molar-refractivity contribution < 1.29 is 0 Å². The number of aryl methyl sites for hydroxylation is 1. The molecule has 5 nitrogen and oxygen atoms in total. The number of benzene rings is 1. The average Bonchev–Trinajstić information content (AvgIpc) is 2.89. The molecule has 0 spiro atoms. The number of nitrogens with two attached hydrogens (primary N) is 1. The molecule has 1 aromatic carbocycles. The summed E-state index contributed by atoms with van der Waals surface area (Å²) in [6, 6.07) is 7.76. The highest BCUT2D eigenvalue weighted by Gasteiger charge is 2.09. The Kier molecular flexibility index (Phi) is 3.12. The zero-order valence-electron chi connectivity index (χ0n) is 10.6. The molecule has 0 aliphatic rings. The van der Waals surface area contributed by atoms with Crippen LogP contribution in [0, 0.1) is 18.8 Å². The highest BCUT2D eigenvalue weighted by atomic mass is 79.9. The van der Waals surface area contributed by atoms with Crippen LogP contribution < -0.4 is 5.73 Å². The number of nitrogens with zero attached hydrogens (tertiary/aromatic N) is 4. The van der Waals surface area contributed by atoms with Crippen LogP contribution in [0.2, 0.25) is 0 Å². The molecule has 2 heterocycles. The number of fused-ring (bicyclic) bond motifs is 1. The summed E-state index contributed by atoms with van der Waals surface area (Å²) in [5, 5.41) is 4.03. The lowest BCUT2D eigenvalue weighted by molar-refractivity contribution is 0.937. The Morgan fingerprint density at radius 1 is 1.20 bits per heavy atom. The summed E-state index contributed by atoms with van der Waals surface area (Å²) in [6.45, 7) is 1.86. The Bertz CT molecular complexity index is 840. The minimum absolute atomic E-state index is 0.453. The molecule has 0 aliphatic carbocycles. The number of hydrogen-bond donors (Lipinski definition) is 1. The van der Waals surface area contributed by atoms with Gasteiger partial charge in [-0.2, -0.15) is 14.6 Å².